The fourth-order valence-corrected chi connectivity index (χ4v) is 1.80. The van der Waals surface area contributed by atoms with Crippen molar-refractivity contribution in [2.24, 2.45) is 0 Å². The van der Waals surface area contributed by atoms with Crippen LogP contribution in [0.15, 0.2) is 24.5 Å². The first kappa shape index (κ1) is 11.1. The Hall–Kier alpha value is -1.35. The van der Waals surface area contributed by atoms with Crippen LogP contribution in [-0.4, -0.2) is 22.1 Å². The SMILES string of the molecule is CC(C)(C)NCCc1cccc2[nH]cnc12. The molecular weight excluding hydrogens is 198 g/mol. The summed E-state index contributed by atoms with van der Waals surface area (Å²) in [7, 11) is 0. The molecule has 86 valence electrons. The zero-order valence-electron chi connectivity index (χ0n) is 10.2. The molecule has 0 saturated heterocycles. The van der Waals surface area contributed by atoms with Crippen molar-refractivity contribution in [1.82, 2.24) is 15.3 Å². The number of aromatic amines is 1. The number of fused-ring (bicyclic) bond motifs is 1. The van der Waals surface area contributed by atoms with Crippen molar-refractivity contribution in [3.63, 3.8) is 0 Å². The zero-order chi connectivity index (χ0) is 11.6. The van der Waals surface area contributed by atoms with E-state index >= 15 is 0 Å². The van der Waals surface area contributed by atoms with Crippen LogP contribution in [-0.2, 0) is 6.42 Å². The standard InChI is InChI=1S/C13H19N3/c1-13(2,3)16-8-7-10-5-4-6-11-12(10)15-9-14-11/h4-6,9,16H,7-8H2,1-3H3,(H,14,15). The van der Waals surface area contributed by atoms with Gasteiger partial charge in [0.25, 0.3) is 0 Å². The summed E-state index contributed by atoms with van der Waals surface area (Å²) >= 11 is 0. The Kier molecular flexibility index (Phi) is 2.97. The molecule has 0 fully saturated rings. The van der Waals surface area contributed by atoms with E-state index in [0.717, 1.165) is 24.0 Å². The van der Waals surface area contributed by atoms with Gasteiger partial charge in [-0.25, -0.2) is 4.98 Å². The maximum absolute atomic E-state index is 4.35. The number of nitrogens with one attached hydrogen (secondary N) is 2. The molecule has 0 bridgehead atoms. The average Bonchev–Trinajstić information content (AvgIpc) is 2.64. The summed E-state index contributed by atoms with van der Waals surface area (Å²) in [6, 6.07) is 6.28. The second-order valence-corrected chi connectivity index (χ2v) is 5.14. The highest BCUT2D eigenvalue weighted by molar-refractivity contribution is 5.78. The van der Waals surface area contributed by atoms with Crippen molar-refractivity contribution in [3.8, 4) is 0 Å². The summed E-state index contributed by atoms with van der Waals surface area (Å²) < 4.78 is 0. The Bertz CT molecular complexity index is 465. The normalized spacial score (nSPS) is 12.2. The third-order valence-corrected chi connectivity index (χ3v) is 2.58. The molecule has 0 atom stereocenters. The average molecular weight is 217 g/mol. The lowest BCUT2D eigenvalue weighted by Gasteiger charge is -2.20. The Morgan fingerprint density at radius 1 is 1.31 bits per heavy atom. The summed E-state index contributed by atoms with van der Waals surface area (Å²) in [5.74, 6) is 0. The molecule has 2 N–H and O–H groups in total. The molecule has 1 heterocycles. The van der Waals surface area contributed by atoms with E-state index < -0.39 is 0 Å². The van der Waals surface area contributed by atoms with E-state index in [4.69, 9.17) is 0 Å². The largest absolute Gasteiger partial charge is 0.345 e. The lowest BCUT2D eigenvalue weighted by atomic mass is 10.1. The smallest absolute Gasteiger partial charge is 0.0931 e. The van der Waals surface area contributed by atoms with E-state index in [2.05, 4.69) is 54.3 Å². The molecule has 1 aromatic carbocycles. The molecule has 0 radical (unpaired) electrons. The highest BCUT2D eigenvalue weighted by atomic mass is 14.9. The molecule has 0 aliphatic rings. The van der Waals surface area contributed by atoms with E-state index in [9.17, 15) is 0 Å². The van der Waals surface area contributed by atoms with Crippen LogP contribution in [0.2, 0.25) is 0 Å². The van der Waals surface area contributed by atoms with E-state index in [1.54, 1.807) is 6.33 Å². The highest BCUT2D eigenvalue weighted by Crippen LogP contribution is 2.14. The number of hydrogen-bond acceptors (Lipinski definition) is 2. The number of para-hydroxylation sites is 1. The predicted molar refractivity (Wildman–Crippen MR) is 67.6 cm³/mol. The van der Waals surface area contributed by atoms with Gasteiger partial charge in [-0.3, -0.25) is 0 Å². The van der Waals surface area contributed by atoms with Crippen molar-refractivity contribution in [2.75, 3.05) is 6.54 Å². The monoisotopic (exact) mass is 217 g/mol. The highest BCUT2D eigenvalue weighted by Gasteiger charge is 2.09. The fourth-order valence-electron chi connectivity index (χ4n) is 1.80. The van der Waals surface area contributed by atoms with Gasteiger partial charge in [-0.15, -0.1) is 0 Å². The van der Waals surface area contributed by atoms with Gasteiger partial charge in [0.2, 0.25) is 0 Å². The summed E-state index contributed by atoms with van der Waals surface area (Å²) in [6.07, 6.45) is 2.77. The third-order valence-electron chi connectivity index (χ3n) is 2.58. The lowest BCUT2D eigenvalue weighted by Crippen LogP contribution is -2.37. The molecule has 16 heavy (non-hydrogen) atoms. The summed E-state index contributed by atoms with van der Waals surface area (Å²) in [4.78, 5) is 7.49. The topological polar surface area (TPSA) is 40.7 Å². The molecule has 3 nitrogen and oxygen atoms in total. The number of H-pyrrole nitrogens is 1. The molecule has 0 spiro atoms. The maximum atomic E-state index is 4.35. The molecule has 0 unspecified atom stereocenters. The molecule has 0 aliphatic carbocycles. The van der Waals surface area contributed by atoms with Gasteiger partial charge >= 0.3 is 0 Å². The molecular formula is C13H19N3. The quantitative estimate of drug-likeness (QED) is 0.829. The molecule has 0 amide bonds. The minimum Gasteiger partial charge on any atom is -0.345 e. The molecule has 3 heteroatoms. The Morgan fingerprint density at radius 2 is 2.12 bits per heavy atom. The second kappa shape index (κ2) is 4.26. The van der Waals surface area contributed by atoms with Gasteiger partial charge in [-0.2, -0.15) is 0 Å². The van der Waals surface area contributed by atoms with Gasteiger partial charge in [0.1, 0.15) is 0 Å². The van der Waals surface area contributed by atoms with Crippen LogP contribution >= 0.6 is 0 Å². The Morgan fingerprint density at radius 3 is 2.88 bits per heavy atom. The van der Waals surface area contributed by atoms with Gasteiger partial charge in [0.15, 0.2) is 0 Å². The number of rotatable bonds is 3. The van der Waals surface area contributed by atoms with Crippen LogP contribution in [0.3, 0.4) is 0 Å². The molecule has 0 saturated carbocycles. The zero-order valence-corrected chi connectivity index (χ0v) is 10.2. The maximum Gasteiger partial charge on any atom is 0.0931 e. The fraction of sp³-hybridized carbons (Fsp3) is 0.462. The summed E-state index contributed by atoms with van der Waals surface area (Å²) in [5, 5.41) is 3.49. The van der Waals surface area contributed by atoms with Gasteiger partial charge in [-0.1, -0.05) is 12.1 Å². The van der Waals surface area contributed by atoms with Crippen molar-refractivity contribution in [1.29, 1.82) is 0 Å². The van der Waals surface area contributed by atoms with Gasteiger partial charge in [0.05, 0.1) is 17.4 Å². The van der Waals surface area contributed by atoms with Crippen molar-refractivity contribution in [2.45, 2.75) is 32.7 Å². The van der Waals surface area contributed by atoms with Crippen LogP contribution in [0.5, 0.6) is 0 Å². The lowest BCUT2D eigenvalue weighted by molar-refractivity contribution is 0.430. The van der Waals surface area contributed by atoms with Gasteiger partial charge < -0.3 is 10.3 Å². The second-order valence-electron chi connectivity index (χ2n) is 5.14. The van der Waals surface area contributed by atoms with Gasteiger partial charge in [0, 0.05) is 5.54 Å². The molecule has 0 aliphatic heterocycles. The third kappa shape index (κ3) is 2.61. The Labute approximate surface area is 96.3 Å². The van der Waals surface area contributed by atoms with E-state index in [0.29, 0.717) is 0 Å². The van der Waals surface area contributed by atoms with Gasteiger partial charge in [-0.05, 0) is 45.4 Å². The number of aromatic nitrogens is 2. The van der Waals surface area contributed by atoms with Crippen molar-refractivity contribution >= 4 is 11.0 Å². The minimum absolute atomic E-state index is 0.180. The van der Waals surface area contributed by atoms with E-state index in [1.807, 2.05) is 0 Å². The Balaban J connectivity index is 2.07. The van der Waals surface area contributed by atoms with Crippen LogP contribution in [0.25, 0.3) is 11.0 Å². The van der Waals surface area contributed by atoms with Crippen LogP contribution < -0.4 is 5.32 Å². The first-order chi connectivity index (χ1) is 7.56. The van der Waals surface area contributed by atoms with Crippen molar-refractivity contribution in [3.05, 3.63) is 30.1 Å². The van der Waals surface area contributed by atoms with Crippen LogP contribution in [0.1, 0.15) is 26.3 Å². The number of hydrogen-bond donors (Lipinski definition) is 2. The number of imidazole rings is 1. The first-order valence-corrected chi connectivity index (χ1v) is 5.72. The summed E-state index contributed by atoms with van der Waals surface area (Å²) in [5.41, 5.74) is 3.70. The number of benzene rings is 1. The predicted octanol–water partition coefficient (Wildman–Crippen LogP) is 2.49. The van der Waals surface area contributed by atoms with E-state index in [1.165, 1.54) is 5.56 Å². The van der Waals surface area contributed by atoms with Crippen LogP contribution in [0, 0.1) is 0 Å². The van der Waals surface area contributed by atoms with Crippen molar-refractivity contribution < 1.29 is 0 Å². The van der Waals surface area contributed by atoms with E-state index in [-0.39, 0.29) is 5.54 Å². The number of nitrogens with zero attached hydrogens (tertiary/aromatic N) is 1. The first-order valence-electron chi connectivity index (χ1n) is 5.72. The minimum atomic E-state index is 0.180. The molecule has 2 aromatic rings. The molecule has 2 rings (SSSR count). The summed E-state index contributed by atoms with van der Waals surface area (Å²) in [6.45, 7) is 7.53. The van der Waals surface area contributed by atoms with Crippen LogP contribution in [0.4, 0.5) is 0 Å². The molecule has 1 aromatic heterocycles.